The molecule has 0 bridgehead atoms. The Morgan fingerprint density at radius 1 is 1.43 bits per heavy atom. The van der Waals surface area contributed by atoms with Crippen LogP contribution in [0.15, 0.2) is 0 Å². The highest BCUT2D eigenvalue weighted by atomic mass is 32.1. The van der Waals surface area contributed by atoms with Crippen LogP contribution in [0.25, 0.3) is 0 Å². The van der Waals surface area contributed by atoms with Gasteiger partial charge < -0.3 is 15.1 Å². The third-order valence-electron chi connectivity index (χ3n) is 4.14. The van der Waals surface area contributed by atoms with Crippen LogP contribution in [-0.4, -0.2) is 48.6 Å². The van der Waals surface area contributed by atoms with Gasteiger partial charge in [-0.2, -0.15) is 0 Å². The normalized spacial score (nSPS) is 20.2. The zero-order chi connectivity index (χ0) is 15.6. The quantitative estimate of drug-likeness (QED) is 0.906. The van der Waals surface area contributed by atoms with Gasteiger partial charge in [0.1, 0.15) is 0 Å². The number of nitrogens with one attached hydrogen (secondary N) is 1. The van der Waals surface area contributed by atoms with E-state index in [0.29, 0.717) is 6.04 Å². The topological polar surface area (TPSA) is 31.4 Å². The van der Waals surface area contributed by atoms with Crippen LogP contribution in [0.2, 0.25) is 0 Å². The van der Waals surface area contributed by atoms with Crippen molar-refractivity contribution in [2.45, 2.75) is 58.7 Å². The van der Waals surface area contributed by atoms with Crippen LogP contribution < -0.4 is 10.2 Å². The molecular formula is C16H30N4S. The number of thiazole rings is 1. The first kappa shape index (κ1) is 16.7. The molecule has 1 fully saturated rings. The van der Waals surface area contributed by atoms with Crippen molar-refractivity contribution in [3.63, 3.8) is 0 Å². The number of aryl methyl sites for hydroxylation is 1. The fraction of sp³-hybridized carbons (Fsp3) is 0.812. The lowest BCUT2D eigenvalue weighted by atomic mass is 10.1. The summed E-state index contributed by atoms with van der Waals surface area (Å²) in [5.74, 6) is 0. The van der Waals surface area contributed by atoms with E-state index in [1.54, 1.807) is 0 Å². The van der Waals surface area contributed by atoms with Crippen LogP contribution >= 0.6 is 11.3 Å². The Morgan fingerprint density at radius 2 is 2.14 bits per heavy atom. The number of rotatable bonds is 5. The highest BCUT2D eigenvalue weighted by Crippen LogP contribution is 2.27. The fourth-order valence-electron chi connectivity index (χ4n) is 2.69. The second kappa shape index (κ2) is 6.63. The van der Waals surface area contributed by atoms with E-state index in [1.165, 1.54) is 30.0 Å². The third kappa shape index (κ3) is 4.66. The first-order valence-electron chi connectivity index (χ1n) is 7.89. The lowest BCUT2D eigenvalue weighted by Crippen LogP contribution is -2.36. The first-order valence-corrected chi connectivity index (χ1v) is 8.70. The lowest BCUT2D eigenvalue weighted by Gasteiger charge is -2.25. The number of likely N-dealkylation sites (tertiary alicyclic amines) is 1. The summed E-state index contributed by atoms with van der Waals surface area (Å²) in [6, 6.07) is 0.676. The predicted molar refractivity (Wildman–Crippen MR) is 92.4 cm³/mol. The summed E-state index contributed by atoms with van der Waals surface area (Å²) in [6.45, 7) is 11.9. The molecule has 0 amide bonds. The largest absolute Gasteiger partial charge is 0.350 e. The molecule has 0 aromatic carbocycles. The van der Waals surface area contributed by atoms with E-state index >= 15 is 0 Å². The second-order valence-corrected chi connectivity index (χ2v) is 8.33. The van der Waals surface area contributed by atoms with Crippen molar-refractivity contribution in [2.24, 2.45) is 0 Å². The van der Waals surface area contributed by atoms with Gasteiger partial charge in [0.2, 0.25) is 0 Å². The Balaban J connectivity index is 1.97. The summed E-state index contributed by atoms with van der Waals surface area (Å²) in [4.78, 5) is 10.9. The molecule has 1 aliphatic heterocycles. The van der Waals surface area contributed by atoms with Gasteiger partial charge in [0.05, 0.1) is 5.69 Å². The van der Waals surface area contributed by atoms with E-state index in [1.807, 2.05) is 11.3 Å². The molecule has 4 nitrogen and oxygen atoms in total. The molecule has 0 saturated carbocycles. The Bertz CT molecular complexity index is 463. The molecule has 1 atom stereocenters. The van der Waals surface area contributed by atoms with Gasteiger partial charge in [0.25, 0.3) is 0 Å². The van der Waals surface area contributed by atoms with Crippen molar-refractivity contribution in [1.82, 2.24) is 15.2 Å². The fourth-order valence-corrected chi connectivity index (χ4v) is 3.66. The minimum atomic E-state index is 0.148. The third-order valence-corrected chi connectivity index (χ3v) is 5.42. The van der Waals surface area contributed by atoms with Crippen molar-refractivity contribution in [2.75, 3.05) is 32.1 Å². The van der Waals surface area contributed by atoms with Crippen molar-refractivity contribution in [3.8, 4) is 0 Å². The zero-order valence-electron chi connectivity index (χ0n) is 14.4. The standard InChI is InChI=1S/C16H30N4S/c1-12-14(10-17-16(2,3)4)21-15(18-12)20(6)11-13-8-7-9-19(13)5/h13,17H,7-11H2,1-6H3. The summed E-state index contributed by atoms with van der Waals surface area (Å²) in [5.41, 5.74) is 1.31. The lowest BCUT2D eigenvalue weighted by molar-refractivity contribution is 0.314. The molecule has 5 heteroatoms. The number of nitrogens with zero attached hydrogens (tertiary/aromatic N) is 3. The summed E-state index contributed by atoms with van der Waals surface area (Å²) in [5, 5.41) is 4.71. The molecule has 0 radical (unpaired) electrons. The van der Waals surface area contributed by atoms with Crippen molar-refractivity contribution in [3.05, 3.63) is 10.6 Å². The molecule has 1 N–H and O–H groups in total. The summed E-state index contributed by atoms with van der Waals surface area (Å²) in [7, 11) is 4.41. The molecule has 1 aromatic rings. The molecule has 0 aliphatic carbocycles. The molecule has 0 spiro atoms. The van der Waals surface area contributed by atoms with Gasteiger partial charge in [-0.3, -0.25) is 0 Å². The van der Waals surface area contributed by atoms with Gasteiger partial charge in [-0.25, -0.2) is 4.98 Å². The summed E-state index contributed by atoms with van der Waals surface area (Å²) in [6.07, 6.45) is 2.64. The number of likely N-dealkylation sites (N-methyl/N-ethyl adjacent to an activating group) is 2. The smallest absolute Gasteiger partial charge is 0.185 e. The number of hydrogen-bond acceptors (Lipinski definition) is 5. The summed E-state index contributed by atoms with van der Waals surface area (Å²) >= 11 is 1.83. The molecule has 1 saturated heterocycles. The van der Waals surface area contributed by atoms with Crippen LogP contribution in [0.3, 0.4) is 0 Å². The average molecular weight is 311 g/mol. The van der Waals surface area contributed by atoms with Gasteiger partial charge in [0.15, 0.2) is 5.13 Å². The van der Waals surface area contributed by atoms with Crippen LogP contribution in [0, 0.1) is 6.92 Å². The summed E-state index contributed by atoms with van der Waals surface area (Å²) < 4.78 is 0. The number of aromatic nitrogens is 1. The van der Waals surface area contributed by atoms with Gasteiger partial charge >= 0.3 is 0 Å². The minimum absolute atomic E-state index is 0.148. The van der Waals surface area contributed by atoms with E-state index in [9.17, 15) is 0 Å². The van der Waals surface area contributed by atoms with Gasteiger partial charge in [-0.1, -0.05) is 0 Å². The van der Waals surface area contributed by atoms with Crippen LogP contribution in [0.1, 0.15) is 44.2 Å². The molecule has 120 valence electrons. The maximum absolute atomic E-state index is 4.76. The second-order valence-electron chi connectivity index (χ2n) is 7.27. The Labute approximate surface area is 133 Å². The highest BCUT2D eigenvalue weighted by Gasteiger charge is 2.23. The van der Waals surface area contributed by atoms with Crippen LogP contribution in [0.5, 0.6) is 0 Å². The molecule has 21 heavy (non-hydrogen) atoms. The van der Waals surface area contributed by atoms with Gasteiger partial charge in [0, 0.05) is 36.6 Å². The van der Waals surface area contributed by atoms with E-state index in [0.717, 1.165) is 18.2 Å². The van der Waals surface area contributed by atoms with Crippen LogP contribution in [-0.2, 0) is 6.54 Å². The zero-order valence-corrected chi connectivity index (χ0v) is 15.2. The van der Waals surface area contributed by atoms with E-state index < -0.39 is 0 Å². The molecule has 2 rings (SSSR count). The predicted octanol–water partition coefficient (Wildman–Crippen LogP) is 2.87. The van der Waals surface area contributed by atoms with E-state index in [4.69, 9.17) is 4.98 Å². The Kier molecular flexibility index (Phi) is 5.28. The van der Waals surface area contributed by atoms with Gasteiger partial charge in [-0.05, 0) is 54.1 Å². The first-order chi connectivity index (χ1) is 9.76. The van der Waals surface area contributed by atoms with Crippen molar-refractivity contribution >= 4 is 16.5 Å². The SMILES string of the molecule is Cc1nc(N(C)CC2CCCN2C)sc1CNC(C)(C)C. The van der Waals surface area contributed by atoms with E-state index in [2.05, 4.69) is 56.9 Å². The number of anilines is 1. The maximum Gasteiger partial charge on any atom is 0.185 e. The monoisotopic (exact) mass is 310 g/mol. The van der Waals surface area contributed by atoms with Gasteiger partial charge in [-0.15, -0.1) is 11.3 Å². The van der Waals surface area contributed by atoms with Crippen LogP contribution in [0.4, 0.5) is 5.13 Å². The minimum Gasteiger partial charge on any atom is -0.350 e. The maximum atomic E-state index is 4.76. The Morgan fingerprint density at radius 3 is 2.71 bits per heavy atom. The highest BCUT2D eigenvalue weighted by molar-refractivity contribution is 7.15. The van der Waals surface area contributed by atoms with Crippen molar-refractivity contribution in [1.29, 1.82) is 0 Å². The molecule has 1 unspecified atom stereocenters. The van der Waals surface area contributed by atoms with E-state index in [-0.39, 0.29) is 5.54 Å². The molecule has 2 heterocycles. The Hall–Kier alpha value is -0.650. The molecular weight excluding hydrogens is 280 g/mol. The molecule has 1 aliphatic rings. The average Bonchev–Trinajstić information content (AvgIpc) is 2.93. The number of hydrogen-bond donors (Lipinski definition) is 1. The molecule has 1 aromatic heterocycles. The van der Waals surface area contributed by atoms with Crippen molar-refractivity contribution < 1.29 is 0 Å².